The van der Waals surface area contributed by atoms with Crippen LogP contribution in [0.1, 0.15) is 24.0 Å². The van der Waals surface area contributed by atoms with E-state index in [2.05, 4.69) is 15.6 Å². The van der Waals surface area contributed by atoms with Gasteiger partial charge in [0.1, 0.15) is 0 Å². The summed E-state index contributed by atoms with van der Waals surface area (Å²) in [6, 6.07) is 6.48. The van der Waals surface area contributed by atoms with E-state index in [9.17, 15) is 8.78 Å². The Morgan fingerprint density at radius 3 is 2.95 bits per heavy atom. The van der Waals surface area contributed by atoms with E-state index in [1.807, 2.05) is 12.3 Å². The minimum Gasteiger partial charge on any atom is -0.313 e. The number of alkyl halides is 2. The maximum atomic E-state index is 12.5. The highest BCUT2D eigenvalue weighted by Crippen LogP contribution is 2.19. The Hall–Kier alpha value is -1.82. The predicted octanol–water partition coefficient (Wildman–Crippen LogP) is 2.40. The lowest BCUT2D eigenvalue weighted by atomic mass is 10.1. The molecule has 0 atom stereocenters. The van der Waals surface area contributed by atoms with Crippen LogP contribution < -0.4 is 5.32 Å². The highest BCUT2D eigenvalue weighted by Gasteiger charge is 2.06. The molecule has 0 bridgehead atoms. The van der Waals surface area contributed by atoms with E-state index in [0.29, 0.717) is 6.54 Å². The summed E-state index contributed by atoms with van der Waals surface area (Å²) in [4.78, 5) is 0. The lowest BCUT2D eigenvalue weighted by Gasteiger charge is -2.07. The molecule has 0 aliphatic rings. The molecule has 102 valence electrons. The summed E-state index contributed by atoms with van der Waals surface area (Å²) in [5.74, 6) is 0. The van der Waals surface area contributed by atoms with E-state index < -0.39 is 6.43 Å². The topological polar surface area (TPSA) is 42.7 Å². The molecule has 1 aromatic carbocycles. The van der Waals surface area contributed by atoms with Gasteiger partial charge in [0.05, 0.1) is 6.20 Å². The fourth-order valence-electron chi connectivity index (χ4n) is 1.79. The number of hydrogen-bond donors (Lipinski definition) is 1. The first-order valence-electron chi connectivity index (χ1n) is 6.17. The molecule has 0 spiro atoms. The number of nitrogens with one attached hydrogen (secondary N) is 1. The number of benzene rings is 1. The Labute approximate surface area is 110 Å². The van der Waals surface area contributed by atoms with Gasteiger partial charge in [-0.3, -0.25) is 4.68 Å². The van der Waals surface area contributed by atoms with Crippen molar-refractivity contribution in [2.75, 3.05) is 6.54 Å². The number of nitrogens with zero attached hydrogens (tertiary/aromatic N) is 3. The zero-order valence-corrected chi connectivity index (χ0v) is 10.5. The van der Waals surface area contributed by atoms with E-state index in [0.717, 1.165) is 25.1 Å². The lowest BCUT2D eigenvalue weighted by Crippen LogP contribution is -2.16. The van der Waals surface area contributed by atoms with E-state index in [1.165, 1.54) is 12.1 Å². The van der Waals surface area contributed by atoms with Gasteiger partial charge in [0.15, 0.2) is 0 Å². The van der Waals surface area contributed by atoms with Crippen molar-refractivity contribution in [2.24, 2.45) is 0 Å². The first-order valence-corrected chi connectivity index (χ1v) is 6.17. The first kappa shape index (κ1) is 13.6. The molecule has 2 rings (SSSR count). The van der Waals surface area contributed by atoms with Gasteiger partial charge >= 0.3 is 0 Å². The van der Waals surface area contributed by atoms with E-state index >= 15 is 0 Å². The van der Waals surface area contributed by atoms with Gasteiger partial charge in [-0.1, -0.05) is 23.4 Å². The molecule has 1 aromatic heterocycles. The highest BCUT2D eigenvalue weighted by molar-refractivity contribution is 5.24. The summed E-state index contributed by atoms with van der Waals surface area (Å²) in [7, 11) is 0. The molecule has 1 heterocycles. The van der Waals surface area contributed by atoms with Gasteiger partial charge in [-0.15, -0.1) is 5.10 Å². The van der Waals surface area contributed by atoms with Crippen LogP contribution in [0, 0.1) is 0 Å². The molecular weight excluding hydrogens is 250 g/mol. The largest absolute Gasteiger partial charge is 0.313 e. The minimum absolute atomic E-state index is 0.0712. The summed E-state index contributed by atoms with van der Waals surface area (Å²) >= 11 is 0. The monoisotopic (exact) mass is 266 g/mol. The van der Waals surface area contributed by atoms with Crippen LogP contribution in [0.4, 0.5) is 8.78 Å². The van der Waals surface area contributed by atoms with Crippen molar-refractivity contribution in [3.63, 3.8) is 0 Å². The van der Waals surface area contributed by atoms with Crippen LogP contribution in [0.25, 0.3) is 0 Å². The summed E-state index contributed by atoms with van der Waals surface area (Å²) < 4.78 is 26.8. The smallest absolute Gasteiger partial charge is 0.263 e. The van der Waals surface area contributed by atoms with Crippen molar-refractivity contribution in [3.05, 3.63) is 47.8 Å². The Bertz CT molecular complexity index is 485. The summed E-state index contributed by atoms with van der Waals surface area (Å²) in [6.45, 7) is 2.20. The predicted molar refractivity (Wildman–Crippen MR) is 67.7 cm³/mol. The Morgan fingerprint density at radius 2 is 2.21 bits per heavy atom. The van der Waals surface area contributed by atoms with Gasteiger partial charge < -0.3 is 5.32 Å². The average Bonchev–Trinajstić information content (AvgIpc) is 2.92. The van der Waals surface area contributed by atoms with Crippen LogP contribution in [0.15, 0.2) is 36.7 Å². The number of aromatic nitrogens is 3. The molecule has 4 nitrogen and oxygen atoms in total. The summed E-state index contributed by atoms with van der Waals surface area (Å²) in [6.07, 6.45) is 1.96. The molecule has 0 saturated carbocycles. The molecule has 0 unspecified atom stereocenters. The lowest BCUT2D eigenvalue weighted by molar-refractivity contribution is 0.151. The maximum absolute atomic E-state index is 12.5. The van der Waals surface area contributed by atoms with Gasteiger partial charge in [-0.2, -0.15) is 0 Å². The fraction of sp³-hybridized carbons (Fsp3) is 0.385. The zero-order valence-electron chi connectivity index (χ0n) is 10.5. The van der Waals surface area contributed by atoms with Gasteiger partial charge in [-0.05, 0) is 24.6 Å². The Kier molecular flexibility index (Phi) is 4.97. The van der Waals surface area contributed by atoms with E-state index in [4.69, 9.17) is 0 Å². The molecule has 0 saturated heterocycles. The average molecular weight is 266 g/mol. The van der Waals surface area contributed by atoms with Crippen molar-refractivity contribution in [1.29, 1.82) is 0 Å². The SMILES string of the molecule is FC(F)c1cccc(CNCCCn2ccnn2)c1. The molecule has 0 fully saturated rings. The molecule has 19 heavy (non-hydrogen) atoms. The molecule has 0 amide bonds. The molecular formula is C13H16F2N4. The normalized spacial score (nSPS) is 11.1. The van der Waals surface area contributed by atoms with Crippen LogP contribution in [-0.2, 0) is 13.1 Å². The highest BCUT2D eigenvalue weighted by atomic mass is 19.3. The quantitative estimate of drug-likeness (QED) is 0.782. The Morgan fingerprint density at radius 1 is 1.32 bits per heavy atom. The Balaban J connectivity index is 1.69. The van der Waals surface area contributed by atoms with Gasteiger partial charge in [0.25, 0.3) is 6.43 Å². The number of aryl methyl sites for hydroxylation is 1. The van der Waals surface area contributed by atoms with Crippen LogP contribution in [0.2, 0.25) is 0 Å². The minimum atomic E-state index is -2.41. The third-order valence-electron chi connectivity index (χ3n) is 2.74. The fourth-order valence-corrected chi connectivity index (χ4v) is 1.79. The van der Waals surface area contributed by atoms with Crippen LogP contribution in [-0.4, -0.2) is 21.5 Å². The summed E-state index contributed by atoms with van der Waals surface area (Å²) in [5, 5.41) is 10.8. The molecule has 1 N–H and O–H groups in total. The van der Waals surface area contributed by atoms with E-state index in [1.54, 1.807) is 16.9 Å². The van der Waals surface area contributed by atoms with Crippen LogP contribution in [0.3, 0.4) is 0 Å². The van der Waals surface area contributed by atoms with Crippen LogP contribution >= 0.6 is 0 Å². The van der Waals surface area contributed by atoms with Crippen molar-refractivity contribution in [3.8, 4) is 0 Å². The molecule has 0 radical (unpaired) electrons. The number of rotatable bonds is 7. The third kappa shape index (κ3) is 4.40. The second kappa shape index (κ2) is 6.94. The van der Waals surface area contributed by atoms with Gasteiger partial charge in [0, 0.05) is 24.8 Å². The summed E-state index contributed by atoms with van der Waals surface area (Å²) in [5.41, 5.74) is 0.945. The van der Waals surface area contributed by atoms with Crippen molar-refractivity contribution in [1.82, 2.24) is 20.3 Å². The van der Waals surface area contributed by atoms with Crippen LogP contribution in [0.5, 0.6) is 0 Å². The van der Waals surface area contributed by atoms with Gasteiger partial charge in [0.2, 0.25) is 0 Å². The van der Waals surface area contributed by atoms with Crippen molar-refractivity contribution >= 4 is 0 Å². The second-order valence-electron chi connectivity index (χ2n) is 4.24. The van der Waals surface area contributed by atoms with Crippen molar-refractivity contribution < 1.29 is 8.78 Å². The standard InChI is InChI=1S/C13H16F2N4/c14-13(15)12-4-1-3-11(9-12)10-16-5-2-7-19-8-6-17-18-19/h1,3-4,6,8-9,13,16H,2,5,7,10H2. The number of halogens is 2. The molecule has 2 aromatic rings. The van der Waals surface area contributed by atoms with Crippen molar-refractivity contribution in [2.45, 2.75) is 25.9 Å². The molecule has 0 aliphatic carbocycles. The maximum Gasteiger partial charge on any atom is 0.263 e. The van der Waals surface area contributed by atoms with Gasteiger partial charge in [-0.25, -0.2) is 8.78 Å². The third-order valence-corrected chi connectivity index (χ3v) is 2.74. The number of hydrogen-bond acceptors (Lipinski definition) is 3. The molecule has 0 aliphatic heterocycles. The molecule has 6 heteroatoms. The van der Waals surface area contributed by atoms with E-state index in [-0.39, 0.29) is 5.56 Å². The zero-order chi connectivity index (χ0) is 13.5. The second-order valence-corrected chi connectivity index (χ2v) is 4.24. The first-order chi connectivity index (χ1) is 9.25.